The van der Waals surface area contributed by atoms with Gasteiger partial charge >= 0.3 is 0 Å². The summed E-state index contributed by atoms with van der Waals surface area (Å²) < 4.78 is 12.9. The summed E-state index contributed by atoms with van der Waals surface area (Å²) in [6.45, 7) is 15.4. The van der Waals surface area contributed by atoms with Crippen molar-refractivity contribution in [2.75, 3.05) is 12.4 Å². The summed E-state index contributed by atoms with van der Waals surface area (Å²) in [5.41, 5.74) is 6.48. The van der Waals surface area contributed by atoms with E-state index in [9.17, 15) is 0 Å². The van der Waals surface area contributed by atoms with Gasteiger partial charge in [0.15, 0.2) is 0 Å². The van der Waals surface area contributed by atoms with E-state index < -0.39 is 0 Å². The summed E-state index contributed by atoms with van der Waals surface area (Å²) >= 11 is 0. The highest BCUT2D eigenvalue weighted by Crippen LogP contribution is 2.33. The highest BCUT2D eigenvalue weighted by atomic mass is 16.5. The maximum atomic E-state index is 5.42. The average molecular weight is 489 g/mol. The van der Waals surface area contributed by atoms with Crippen LogP contribution in [0.25, 0.3) is 16.8 Å². The fourth-order valence-corrected chi connectivity index (χ4v) is 5.39. The first kappa shape index (κ1) is 25.8. The molecule has 0 aliphatic carbocycles. The summed E-state index contributed by atoms with van der Waals surface area (Å²) in [7, 11) is 1.70. The van der Waals surface area contributed by atoms with Gasteiger partial charge in [-0.15, -0.1) is 0 Å². The molecule has 192 valence electrons. The minimum absolute atomic E-state index is 0.0841. The summed E-state index contributed by atoms with van der Waals surface area (Å²) in [6.07, 6.45) is 6.05. The molecule has 3 aromatic heterocycles. The number of hydrogen-bond donors (Lipinski definition) is 1. The van der Waals surface area contributed by atoms with Gasteiger partial charge in [-0.2, -0.15) is 0 Å². The third kappa shape index (κ3) is 5.92. The minimum Gasteiger partial charge on any atom is -0.497 e. The third-order valence-electron chi connectivity index (χ3n) is 6.49. The largest absolute Gasteiger partial charge is 0.497 e. The van der Waals surface area contributed by atoms with Crippen molar-refractivity contribution in [2.45, 2.75) is 79.7 Å². The van der Waals surface area contributed by atoms with Crippen molar-refractivity contribution in [3.8, 4) is 16.9 Å². The van der Waals surface area contributed by atoms with Gasteiger partial charge in [0, 0.05) is 17.3 Å². The Kier molecular flexibility index (Phi) is 7.17. The Morgan fingerprint density at radius 3 is 2.33 bits per heavy atom. The number of pyridine rings is 1. The summed E-state index contributed by atoms with van der Waals surface area (Å²) in [4.78, 5) is 5.11. The van der Waals surface area contributed by atoms with E-state index in [2.05, 4.69) is 80.0 Å². The van der Waals surface area contributed by atoms with Crippen LogP contribution in [0.5, 0.6) is 5.75 Å². The number of hydrogen-bond acceptors (Lipinski definition) is 5. The van der Waals surface area contributed by atoms with Crippen LogP contribution in [0.4, 0.5) is 5.82 Å². The van der Waals surface area contributed by atoms with Gasteiger partial charge in [-0.1, -0.05) is 38.1 Å². The van der Waals surface area contributed by atoms with Crippen molar-refractivity contribution in [3.63, 3.8) is 0 Å². The van der Waals surface area contributed by atoms with E-state index >= 15 is 0 Å². The normalized spacial score (nSPS) is 12.3. The highest BCUT2D eigenvalue weighted by Gasteiger charge is 2.28. The first-order valence-corrected chi connectivity index (χ1v) is 12.8. The van der Waals surface area contributed by atoms with Crippen LogP contribution in [0.15, 0.2) is 47.1 Å². The molecule has 6 nitrogen and oxygen atoms in total. The van der Waals surface area contributed by atoms with Crippen LogP contribution in [0, 0.1) is 19.3 Å². The van der Waals surface area contributed by atoms with E-state index in [0.29, 0.717) is 0 Å². The maximum absolute atomic E-state index is 5.42. The molecule has 4 aromatic rings. The number of rotatable bonds is 9. The quantitative estimate of drug-likeness (QED) is 0.266. The predicted octanol–water partition coefficient (Wildman–Crippen LogP) is 7.42. The molecule has 0 fully saturated rings. The van der Waals surface area contributed by atoms with Crippen LogP contribution in [0.2, 0.25) is 0 Å². The molecule has 0 spiro atoms. The van der Waals surface area contributed by atoms with Crippen LogP contribution in [-0.2, 0) is 12.8 Å². The van der Waals surface area contributed by atoms with Crippen LogP contribution in [0.1, 0.15) is 70.2 Å². The first-order valence-electron chi connectivity index (χ1n) is 12.8. The lowest BCUT2D eigenvalue weighted by Gasteiger charge is -2.34. The number of aryl methyl sites for hydroxylation is 4. The smallest absolute Gasteiger partial charge is 0.141 e. The lowest BCUT2D eigenvalue weighted by atomic mass is 9.82. The minimum atomic E-state index is -0.0841. The molecule has 0 atom stereocenters. The number of aromatic nitrogens is 3. The van der Waals surface area contributed by atoms with Crippen molar-refractivity contribution in [1.29, 1.82) is 0 Å². The lowest BCUT2D eigenvalue weighted by molar-refractivity contribution is 0.301. The van der Waals surface area contributed by atoms with Crippen molar-refractivity contribution in [2.24, 2.45) is 5.41 Å². The number of imidazole rings is 1. The summed E-state index contributed by atoms with van der Waals surface area (Å²) in [5.74, 6) is 2.80. The van der Waals surface area contributed by atoms with E-state index in [1.165, 1.54) is 5.56 Å². The maximum Gasteiger partial charge on any atom is 0.141 e. The zero-order chi connectivity index (χ0) is 26.1. The van der Waals surface area contributed by atoms with Gasteiger partial charge in [0.2, 0.25) is 0 Å². The van der Waals surface area contributed by atoms with Gasteiger partial charge in [-0.25, -0.2) is 4.98 Å². The van der Waals surface area contributed by atoms with Crippen molar-refractivity contribution >= 4 is 11.5 Å². The van der Waals surface area contributed by atoms with Crippen molar-refractivity contribution < 1.29 is 9.26 Å². The topological polar surface area (TPSA) is 64.6 Å². The van der Waals surface area contributed by atoms with E-state index in [1.807, 2.05) is 26.0 Å². The van der Waals surface area contributed by atoms with E-state index in [0.717, 1.165) is 71.2 Å². The second-order valence-corrected chi connectivity index (χ2v) is 11.7. The van der Waals surface area contributed by atoms with E-state index in [-0.39, 0.29) is 11.0 Å². The second-order valence-electron chi connectivity index (χ2n) is 11.7. The van der Waals surface area contributed by atoms with Crippen LogP contribution in [-0.4, -0.2) is 27.2 Å². The van der Waals surface area contributed by atoms with Gasteiger partial charge < -0.3 is 14.6 Å². The lowest BCUT2D eigenvalue weighted by Crippen LogP contribution is -2.36. The number of methoxy groups -OCH3 is 1. The average Bonchev–Trinajstić information content (AvgIpc) is 3.30. The third-order valence-corrected chi connectivity index (χ3v) is 6.49. The standard InChI is InChI=1S/C30H40N4O2/c1-20-27(21(2)36-33-20)23-16-17-34-26(18-23)31-25(28(34)32-30(6,7)19-29(3,4)5)11-9-10-22-12-14-24(35-8)15-13-22/h12-18,32H,9-11,19H2,1-8H3. The molecule has 4 rings (SSSR count). The summed E-state index contributed by atoms with van der Waals surface area (Å²) in [5, 5.41) is 8.00. The number of nitrogens with zero attached hydrogens (tertiary/aromatic N) is 3. The Bertz CT molecular complexity index is 1300. The van der Waals surface area contributed by atoms with E-state index in [1.54, 1.807) is 7.11 Å². The first-order chi connectivity index (χ1) is 17.0. The molecule has 0 aliphatic rings. The molecule has 1 N–H and O–H groups in total. The van der Waals surface area contributed by atoms with Crippen molar-refractivity contribution in [3.05, 3.63) is 65.3 Å². The zero-order valence-corrected chi connectivity index (χ0v) is 23.0. The van der Waals surface area contributed by atoms with Gasteiger partial charge in [0.05, 0.1) is 18.5 Å². The molecule has 0 aliphatic heterocycles. The van der Waals surface area contributed by atoms with Crippen LogP contribution >= 0.6 is 0 Å². The molecular weight excluding hydrogens is 448 g/mol. The number of anilines is 1. The molecule has 0 saturated carbocycles. The number of fused-ring (bicyclic) bond motifs is 1. The fraction of sp³-hybridized carbons (Fsp3) is 0.467. The molecule has 0 amide bonds. The summed E-state index contributed by atoms with van der Waals surface area (Å²) in [6, 6.07) is 12.6. The van der Waals surface area contributed by atoms with Gasteiger partial charge in [-0.05, 0) is 94.2 Å². The Morgan fingerprint density at radius 1 is 1.00 bits per heavy atom. The number of ether oxygens (including phenoxy) is 1. The monoisotopic (exact) mass is 488 g/mol. The van der Waals surface area contributed by atoms with Crippen LogP contribution < -0.4 is 10.1 Å². The molecule has 36 heavy (non-hydrogen) atoms. The molecule has 0 unspecified atom stereocenters. The van der Waals surface area contributed by atoms with Crippen molar-refractivity contribution in [1.82, 2.24) is 14.5 Å². The zero-order valence-electron chi connectivity index (χ0n) is 23.0. The van der Waals surface area contributed by atoms with Gasteiger partial charge in [-0.3, -0.25) is 4.40 Å². The second kappa shape index (κ2) is 10.00. The molecule has 0 saturated heterocycles. The predicted molar refractivity (Wildman–Crippen MR) is 147 cm³/mol. The van der Waals surface area contributed by atoms with Gasteiger partial charge in [0.25, 0.3) is 0 Å². The van der Waals surface area contributed by atoms with E-state index in [4.69, 9.17) is 14.2 Å². The molecule has 1 aromatic carbocycles. The Hall–Kier alpha value is -3.28. The molecule has 6 heteroatoms. The van der Waals surface area contributed by atoms with Gasteiger partial charge in [0.1, 0.15) is 23.0 Å². The SMILES string of the molecule is COc1ccc(CCCc2nc3cc(-c4c(C)noc4C)ccn3c2NC(C)(C)CC(C)(C)C)cc1. The molecular formula is C30H40N4O2. The molecule has 0 bridgehead atoms. The Labute approximate surface area is 215 Å². The fourth-order valence-electron chi connectivity index (χ4n) is 5.39. The van der Waals surface area contributed by atoms with Crippen LogP contribution in [0.3, 0.4) is 0 Å². The number of benzene rings is 1. The Balaban J connectivity index is 1.65. The molecule has 3 heterocycles. The Morgan fingerprint density at radius 2 is 1.72 bits per heavy atom. The highest BCUT2D eigenvalue weighted by molar-refractivity contribution is 5.72. The molecule has 0 radical (unpaired) electrons. The number of nitrogens with one attached hydrogen (secondary N) is 1.